The average Bonchev–Trinajstić information content (AvgIpc) is 2.53. The third-order valence-electron chi connectivity index (χ3n) is 3.80. The van der Waals surface area contributed by atoms with Crippen molar-refractivity contribution in [1.82, 2.24) is 9.62 Å². The summed E-state index contributed by atoms with van der Waals surface area (Å²) in [7, 11) is -3.84. The molecule has 22 heavy (non-hydrogen) atoms. The minimum Gasteiger partial charge on any atom is -0.341 e. The summed E-state index contributed by atoms with van der Waals surface area (Å²) in [6.45, 7) is 3.11. The van der Waals surface area contributed by atoms with Crippen molar-refractivity contribution in [3.05, 3.63) is 30.1 Å². The molecular weight excluding hydrogens is 307 g/mol. The van der Waals surface area contributed by atoms with Gasteiger partial charge in [-0.3, -0.25) is 4.79 Å². The van der Waals surface area contributed by atoms with Crippen LogP contribution in [-0.4, -0.2) is 38.4 Å². The topological polar surface area (TPSA) is 66.5 Å². The van der Waals surface area contributed by atoms with Gasteiger partial charge in [-0.1, -0.05) is 6.92 Å². The first-order valence-electron chi connectivity index (χ1n) is 7.50. The minimum absolute atomic E-state index is 0.0428. The van der Waals surface area contributed by atoms with Crippen molar-refractivity contribution in [3.8, 4) is 0 Å². The van der Waals surface area contributed by atoms with Crippen LogP contribution in [0.15, 0.2) is 29.2 Å². The second kappa shape index (κ2) is 7.19. The number of piperidine rings is 1. The molecule has 1 aliphatic rings. The second-order valence-corrected chi connectivity index (χ2v) is 7.14. The highest BCUT2D eigenvalue weighted by molar-refractivity contribution is 7.89. The lowest BCUT2D eigenvalue weighted by Gasteiger charge is -2.30. The number of hydrogen-bond acceptors (Lipinski definition) is 3. The summed E-state index contributed by atoms with van der Waals surface area (Å²) in [5.41, 5.74) is 0. The summed E-state index contributed by atoms with van der Waals surface area (Å²) >= 11 is 0. The molecule has 0 aliphatic carbocycles. The van der Waals surface area contributed by atoms with Crippen LogP contribution in [0, 0.1) is 5.82 Å². The summed E-state index contributed by atoms with van der Waals surface area (Å²) in [6, 6.07) is 3.77. The fourth-order valence-electron chi connectivity index (χ4n) is 2.51. The number of benzene rings is 1. The second-order valence-electron chi connectivity index (χ2n) is 5.42. The third-order valence-corrected chi connectivity index (χ3v) is 5.28. The monoisotopic (exact) mass is 328 g/mol. The van der Waals surface area contributed by atoms with Crippen LogP contribution in [0.1, 0.15) is 32.6 Å². The van der Waals surface area contributed by atoms with Gasteiger partial charge in [0, 0.05) is 13.1 Å². The Morgan fingerprint density at radius 1 is 1.23 bits per heavy atom. The highest BCUT2D eigenvalue weighted by Gasteiger charge is 2.28. The standard InChI is InChI=1S/C15H21FN2O3S/c1-2-14(15(19)18-10-4-3-5-11-18)17-22(20,21)13-8-6-12(16)7-9-13/h6-9,14,17H,2-5,10-11H2,1H3. The maximum absolute atomic E-state index is 12.9. The van der Waals surface area contributed by atoms with Crippen LogP contribution >= 0.6 is 0 Å². The fourth-order valence-corrected chi connectivity index (χ4v) is 3.78. The van der Waals surface area contributed by atoms with E-state index >= 15 is 0 Å². The highest BCUT2D eigenvalue weighted by atomic mass is 32.2. The van der Waals surface area contributed by atoms with E-state index < -0.39 is 21.9 Å². The zero-order valence-corrected chi connectivity index (χ0v) is 13.4. The molecule has 5 nitrogen and oxygen atoms in total. The fraction of sp³-hybridized carbons (Fsp3) is 0.533. The maximum Gasteiger partial charge on any atom is 0.241 e. The molecule has 1 fully saturated rings. The first-order valence-corrected chi connectivity index (χ1v) is 8.99. The average molecular weight is 328 g/mol. The molecule has 0 radical (unpaired) electrons. The lowest BCUT2D eigenvalue weighted by Crippen LogP contribution is -2.49. The molecule has 1 aliphatic heterocycles. The summed E-state index contributed by atoms with van der Waals surface area (Å²) in [5, 5.41) is 0. The van der Waals surface area contributed by atoms with Gasteiger partial charge in [-0.2, -0.15) is 4.72 Å². The van der Waals surface area contributed by atoms with E-state index in [0.717, 1.165) is 31.4 Å². The Bertz CT molecular complexity index is 610. The van der Waals surface area contributed by atoms with Gasteiger partial charge in [0.05, 0.1) is 4.90 Å². The molecule has 1 saturated heterocycles. The Morgan fingerprint density at radius 2 is 1.82 bits per heavy atom. The molecule has 1 amide bonds. The molecule has 7 heteroatoms. The van der Waals surface area contributed by atoms with Crippen LogP contribution < -0.4 is 4.72 Å². The van der Waals surface area contributed by atoms with Crippen LogP contribution in [-0.2, 0) is 14.8 Å². The number of rotatable bonds is 5. The number of hydrogen-bond donors (Lipinski definition) is 1. The Hall–Kier alpha value is -1.47. The van der Waals surface area contributed by atoms with Crippen molar-refractivity contribution in [2.75, 3.05) is 13.1 Å². The number of carbonyl (C=O) groups is 1. The molecule has 122 valence electrons. The molecule has 0 bridgehead atoms. The molecule has 0 spiro atoms. The molecule has 1 N–H and O–H groups in total. The number of likely N-dealkylation sites (tertiary alicyclic amines) is 1. The van der Waals surface area contributed by atoms with Gasteiger partial charge in [-0.05, 0) is 49.9 Å². The number of amides is 1. The molecule has 1 unspecified atom stereocenters. The van der Waals surface area contributed by atoms with Gasteiger partial charge >= 0.3 is 0 Å². The highest BCUT2D eigenvalue weighted by Crippen LogP contribution is 2.14. The predicted octanol–water partition coefficient (Wildman–Crippen LogP) is 1.90. The number of sulfonamides is 1. The smallest absolute Gasteiger partial charge is 0.241 e. The Kier molecular flexibility index (Phi) is 5.52. The molecule has 1 aromatic carbocycles. The van der Waals surface area contributed by atoms with Crippen molar-refractivity contribution < 1.29 is 17.6 Å². The number of nitrogens with one attached hydrogen (secondary N) is 1. The molecule has 0 aromatic heterocycles. The van der Waals surface area contributed by atoms with Crippen LogP contribution in [0.5, 0.6) is 0 Å². The van der Waals surface area contributed by atoms with Crippen molar-refractivity contribution in [3.63, 3.8) is 0 Å². The summed E-state index contributed by atoms with van der Waals surface area (Å²) in [5.74, 6) is -0.691. The van der Waals surface area contributed by atoms with Gasteiger partial charge in [-0.25, -0.2) is 12.8 Å². The summed E-state index contributed by atoms with van der Waals surface area (Å²) in [6.07, 6.45) is 3.37. The lowest BCUT2D eigenvalue weighted by atomic mass is 10.1. The molecular formula is C15H21FN2O3S. The summed E-state index contributed by atoms with van der Waals surface area (Å²) in [4.78, 5) is 14.1. The SMILES string of the molecule is CCC(NS(=O)(=O)c1ccc(F)cc1)C(=O)N1CCCCC1. The van der Waals surface area contributed by atoms with E-state index in [9.17, 15) is 17.6 Å². The molecule has 1 aromatic rings. The Labute approximate surface area is 130 Å². The van der Waals surface area contributed by atoms with Gasteiger partial charge in [0.2, 0.25) is 15.9 Å². The quantitative estimate of drug-likeness (QED) is 0.898. The van der Waals surface area contributed by atoms with Crippen LogP contribution in [0.25, 0.3) is 0 Å². The molecule has 0 saturated carbocycles. The predicted molar refractivity (Wildman–Crippen MR) is 81.2 cm³/mol. The molecule has 1 atom stereocenters. The Balaban J connectivity index is 2.11. The normalized spacial score (nSPS) is 17.3. The van der Waals surface area contributed by atoms with E-state index in [-0.39, 0.29) is 10.8 Å². The Morgan fingerprint density at radius 3 is 2.36 bits per heavy atom. The maximum atomic E-state index is 12.9. The number of nitrogens with zero attached hydrogens (tertiary/aromatic N) is 1. The summed E-state index contributed by atoms with van der Waals surface area (Å²) < 4.78 is 39.9. The van der Waals surface area contributed by atoms with E-state index in [0.29, 0.717) is 19.5 Å². The zero-order valence-electron chi connectivity index (χ0n) is 12.6. The van der Waals surface area contributed by atoms with Crippen molar-refractivity contribution in [1.29, 1.82) is 0 Å². The van der Waals surface area contributed by atoms with Crippen molar-refractivity contribution >= 4 is 15.9 Å². The van der Waals surface area contributed by atoms with Gasteiger partial charge < -0.3 is 4.90 Å². The third kappa shape index (κ3) is 4.04. The van der Waals surface area contributed by atoms with Crippen LogP contribution in [0.2, 0.25) is 0 Å². The van der Waals surface area contributed by atoms with E-state index in [1.54, 1.807) is 11.8 Å². The minimum atomic E-state index is -3.84. The van der Waals surface area contributed by atoms with Gasteiger partial charge in [0.25, 0.3) is 0 Å². The van der Waals surface area contributed by atoms with Gasteiger partial charge in [0.15, 0.2) is 0 Å². The van der Waals surface area contributed by atoms with Crippen LogP contribution in [0.3, 0.4) is 0 Å². The van der Waals surface area contributed by atoms with Gasteiger partial charge in [-0.15, -0.1) is 0 Å². The van der Waals surface area contributed by atoms with Gasteiger partial charge in [0.1, 0.15) is 11.9 Å². The van der Waals surface area contributed by atoms with E-state index in [2.05, 4.69) is 4.72 Å². The van der Waals surface area contributed by atoms with Crippen LogP contribution in [0.4, 0.5) is 4.39 Å². The largest absolute Gasteiger partial charge is 0.341 e. The van der Waals surface area contributed by atoms with Crippen molar-refractivity contribution in [2.24, 2.45) is 0 Å². The zero-order chi connectivity index (χ0) is 16.2. The van der Waals surface area contributed by atoms with E-state index in [4.69, 9.17) is 0 Å². The lowest BCUT2D eigenvalue weighted by molar-refractivity contribution is -0.133. The van der Waals surface area contributed by atoms with Crippen molar-refractivity contribution in [2.45, 2.75) is 43.5 Å². The first kappa shape index (κ1) is 16.9. The first-order chi connectivity index (χ1) is 10.4. The molecule has 2 rings (SSSR count). The number of halogens is 1. The van der Waals surface area contributed by atoms with E-state index in [1.165, 1.54) is 12.1 Å². The number of carbonyl (C=O) groups excluding carboxylic acids is 1. The van der Waals surface area contributed by atoms with E-state index in [1.807, 2.05) is 0 Å². The molecule has 1 heterocycles.